The quantitative estimate of drug-likeness (QED) is 0.616. The van der Waals surface area contributed by atoms with Crippen LogP contribution in [0.3, 0.4) is 0 Å². The first-order valence-electron chi connectivity index (χ1n) is 10.1. The van der Waals surface area contributed by atoms with Gasteiger partial charge >= 0.3 is 0 Å². The van der Waals surface area contributed by atoms with E-state index in [1.807, 2.05) is 0 Å². The van der Waals surface area contributed by atoms with Gasteiger partial charge in [-0.05, 0) is 57.1 Å². The van der Waals surface area contributed by atoms with Gasteiger partial charge in [-0.3, -0.25) is 0 Å². The van der Waals surface area contributed by atoms with Crippen molar-refractivity contribution in [1.29, 1.82) is 0 Å². The second-order valence-electron chi connectivity index (χ2n) is 7.99. The van der Waals surface area contributed by atoms with Crippen LogP contribution in [0.1, 0.15) is 43.4 Å². The number of rotatable bonds is 7. The topological polar surface area (TPSA) is 44.0 Å². The summed E-state index contributed by atoms with van der Waals surface area (Å²) in [5.41, 5.74) is 4.99. The van der Waals surface area contributed by atoms with Crippen LogP contribution >= 0.6 is 11.3 Å². The molecule has 0 bridgehead atoms. The molecule has 2 aromatic heterocycles. The number of H-pyrrole nitrogens is 1. The van der Waals surface area contributed by atoms with E-state index < -0.39 is 0 Å². The molecule has 5 heteroatoms. The number of thiazole rings is 1. The Bertz CT molecular complexity index is 873. The zero-order chi connectivity index (χ0) is 18.6. The van der Waals surface area contributed by atoms with Crippen molar-refractivity contribution in [3.8, 4) is 10.6 Å². The van der Waals surface area contributed by atoms with Gasteiger partial charge in [0.25, 0.3) is 0 Å². The minimum absolute atomic E-state index is 0.680. The molecule has 0 amide bonds. The van der Waals surface area contributed by atoms with Crippen LogP contribution in [0.2, 0.25) is 0 Å². The third-order valence-corrected chi connectivity index (χ3v) is 6.51. The molecule has 0 atom stereocenters. The van der Waals surface area contributed by atoms with Gasteiger partial charge in [-0.2, -0.15) is 0 Å². The standard InChI is InChI=1S/C22H30N4S/c1-26(2)11-10-17-13-24-21-9-8-16(12-20(17)21)22-25-19(15-27-22)14-23-18-6-4-3-5-7-18/h8-9,12-13,15,18,23-24H,3-7,10-11,14H2,1-2H3. The van der Waals surface area contributed by atoms with E-state index in [2.05, 4.69) is 59.1 Å². The molecule has 1 fully saturated rings. The van der Waals surface area contributed by atoms with Crippen molar-refractivity contribution in [2.45, 2.75) is 51.1 Å². The Morgan fingerprint density at radius 2 is 2.07 bits per heavy atom. The van der Waals surface area contributed by atoms with Crippen LogP contribution in [0.4, 0.5) is 0 Å². The fourth-order valence-electron chi connectivity index (χ4n) is 3.94. The molecular weight excluding hydrogens is 352 g/mol. The summed E-state index contributed by atoms with van der Waals surface area (Å²) in [5.74, 6) is 0. The van der Waals surface area contributed by atoms with E-state index in [4.69, 9.17) is 4.98 Å². The first-order chi connectivity index (χ1) is 13.2. The Morgan fingerprint density at radius 1 is 1.22 bits per heavy atom. The van der Waals surface area contributed by atoms with Gasteiger partial charge in [-0.25, -0.2) is 4.98 Å². The van der Waals surface area contributed by atoms with Gasteiger partial charge in [0.2, 0.25) is 0 Å². The van der Waals surface area contributed by atoms with E-state index in [0.717, 1.165) is 24.5 Å². The fraction of sp³-hybridized carbons (Fsp3) is 0.500. The normalized spacial score (nSPS) is 15.8. The van der Waals surface area contributed by atoms with E-state index in [1.54, 1.807) is 11.3 Å². The molecule has 0 spiro atoms. The number of aromatic amines is 1. The highest BCUT2D eigenvalue weighted by Gasteiger charge is 2.14. The van der Waals surface area contributed by atoms with Gasteiger partial charge in [0, 0.05) is 47.2 Å². The van der Waals surface area contributed by atoms with Gasteiger partial charge in [-0.1, -0.05) is 19.3 Å². The average Bonchev–Trinajstić information content (AvgIpc) is 3.32. The molecule has 3 aromatic rings. The van der Waals surface area contributed by atoms with Crippen molar-refractivity contribution in [1.82, 2.24) is 20.2 Å². The minimum Gasteiger partial charge on any atom is -0.361 e. The minimum atomic E-state index is 0.680. The molecule has 27 heavy (non-hydrogen) atoms. The highest BCUT2D eigenvalue weighted by Crippen LogP contribution is 2.29. The summed E-state index contributed by atoms with van der Waals surface area (Å²) in [7, 11) is 4.25. The molecule has 0 aliphatic heterocycles. The van der Waals surface area contributed by atoms with Crippen LogP contribution in [0.25, 0.3) is 21.5 Å². The lowest BCUT2D eigenvalue weighted by Gasteiger charge is -2.22. The molecule has 0 saturated heterocycles. The molecule has 4 nitrogen and oxygen atoms in total. The molecule has 2 N–H and O–H groups in total. The zero-order valence-corrected chi connectivity index (χ0v) is 17.2. The van der Waals surface area contributed by atoms with Crippen molar-refractivity contribution in [2.24, 2.45) is 0 Å². The summed E-state index contributed by atoms with van der Waals surface area (Å²) >= 11 is 1.75. The van der Waals surface area contributed by atoms with Crippen molar-refractivity contribution in [2.75, 3.05) is 20.6 Å². The summed E-state index contributed by atoms with van der Waals surface area (Å²) in [4.78, 5) is 10.5. The average molecular weight is 383 g/mol. The predicted molar refractivity (Wildman–Crippen MR) is 115 cm³/mol. The van der Waals surface area contributed by atoms with Crippen molar-refractivity contribution in [3.05, 3.63) is 41.0 Å². The Hall–Kier alpha value is -1.69. The number of hydrogen-bond donors (Lipinski definition) is 2. The predicted octanol–water partition coefficient (Wildman–Crippen LogP) is 4.82. The van der Waals surface area contributed by atoms with Crippen LogP contribution in [0.5, 0.6) is 0 Å². The molecule has 1 aliphatic rings. The molecular formula is C22H30N4S. The number of likely N-dealkylation sites (N-methyl/N-ethyl adjacent to an activating group) is 1. The summed E-state index contributed by atoms with van der Waals surface area (Å²) in [6.07, 6.45) is 9.98. The molecule has 1 aliphatic carbocycles. The highest BCUT2D eigenvalue weighted by molar-refractivity contribution is 7.13. The van der Waals surface area contributed by atoms with Crippen molar-refractivity contribution >= 4 is 22.2 Å². The Balaban J connectivity index is 1.47. The highest BCUT2D eigenvalue weighted by atomic mass is 32.1. The third-order valence-electron chi connectivity index (χ3n) is 5.57. The molecule has 1 aromatic carbocycles. The number of fused-ring (bicyclic) bond motifs is 1. The second-order valence-corrected chi connectivity index (χ2v) is 8.85. The SMILES string of the molecule is CN(C)CCc1c[nH]c2ccc(-c3nc(CNC4CCCCC4)cs3)cc12. The maximum atomic E-state index is 4.90. The molecule has 2 heterocycles. The van der Waals surface area contributed by atoms with Crippen LogP contribution in [-0.4, -0.2) is 41.5 Å². The van der Waals surface area contributed by atoms with Crippen molar-refractivity contribution < 1.29 is 0 Å². The lowest BCUT2D eigenvalue weighted by molar-refractivity contribution is 0.371. The lowest BCUT2D eigenvalue weighted by atomic mass is 9.95. The lowest BCUT2D eigenvalue weighted by Crippen LogP contribution is -2.30. The molecule has 0 unspecified atom stereocenters. The number of aromatic nitrogens is 2. The monoisotopic (exact) mass is 382 g/mol. The van der Waals surface area contributed by atoms with E-state index in [0.29, 0.717) is 6.04 Å². The summed E-state index contributed by atoms with van der Waals surface area (Å²) < 4.78 is 0. The number of benzene rings is 1. The largest absolute Gasteiger partial charge is 0.361 e. The Morgan fingerprint density at radius 3 is 2.89 bits per heavy atom. The van der Waals surface area contributed by atoms with Crippen LogP contribution in [0.15, 0.2) is 29.8 Å². The summed E-state index contributed by atoms with van der Waals surface area (Å²) in [6.45, 7) is 1.95. The van der Waals surface area contributed by atoms with Crippen LogP contribution < -0.4 is 5.32 Å². The van der Waals surface area contributed by atoms with Crippen LogP contribution in [-0.2, 0) is 13.0 Å². The number of nitrogens with one attached hydrogen (secondary N) is 2. The Labute approximate surface area is 166 Å². The van der Waals surface area contributed by atoms with E-state index in [-0.39, 0.29) is 0 Å². The second kappa shape index (κ2) is 8.55. The first-order valence-corrected chi connectivity index (χ1v) is 11.0. The van der Waals surface area contributed by atoms with Crippen LogP contribution in [0, 0.1) is 0 Å². The molecule has 1 saturated carbocycles. The Kier molecular flexibility index (Phi) is 5.91. The van der Waals surface area contributed by atoms with Gasteiger partial charge in [-0.15, -0.1) is 11.3 Å². The van der Waals surface area contributed by atoms with Gasteiger partial charge < -0.3 is 15.2 Å². The van der Waals surface area contributed by atoms with Gasteiger partial charge in [0.05, 0.1) is 5.69 Å². The smallest absolute Gasteiger partial charge is 0.123 e. The summed E-state index contributed by atoms with van der Waals surface area (Å²) in [5, 5.41) is 8.35. The maximum absolute atomic E-state index is 4.90. The third kappa shape index (κ3) is 4.60. The molecule has 0 radical (unpaired) electrons. The van der Waals surface area contributed by atoms with Crippen molar-refractivity contribution in [3.63, 3.8) is 0 Å². The van der Waals surface area contributed by atoms with E-state index >= 15 is 0 Å². The van der Waals surface area contributed by atoms with E-state index in [9.17, 15) is 0 Å². The maximum Gasteiger partial charge on any atom is 0.123 e. The number of hydrogen-bond acceptors (Lipinski definition) is 4. The first kappa shape index (κ1) is 18.7. The zero-order valence-electron chi connectivity index (χ0n) is 16.4. The molecule has 144 valence electrons. The molecule has 4 rings (SSSR count). The summed E-state index contributed by atoms with van der Waals surface area (Å²) in [6, 6.07) is 7.35. The van der Waals surface area contributed by atoms with Gasteiger partial charge in [0.1, 0.15) is 5.01 Å². The fourth-order valence-corrected chi connectivity index (χ4v) is 4.76. The number of nitrogens with zero attached hydrogens (tertiary/aromatic N) is 2. The van der Waals surface area contributed by atoms with Gasteiger partial charge in [0.15, 0.2) is 0 Å². The van der Waals surface area contributed by atoms with E-state index in [1.165, 1.54) is 59.8 Å².